The van der Waals surface area contributed by atoms with Gasteiger partial charge in [0.25, 0.3) is 0 Å². The second-order valence-corrected chi connectivity index (χ2v) is 4.19. The van der Waals surface area contributed by atoms with Gasteiger partial charge in [-0.15, -0.1) is 0 Å². The minimum atomic E-state index is -0.0423. The first-order valence-corrected chi connectivity index (χ1v) is 6.15. The van der Waals surface area contributed by atoms with Gasteiger partial charge in [0.2, 0.25) is 0 Å². The Kier molecular flexibility index (Phi) is 5.71. The molecule has 1 heterocycles. The highest BCUT2D eigenvalue weighted by atomic mass is 35.5. The molecule has 1 aromatic heterocycles. The molecule has 0 bridgehead atoms. The third kappa shape index (κ3) is 3.72. The standard InChI is InChI=1S/C12H19ClN2O/c1-4-6-9-8-11(13)15-12(14-9)10(16-3)7-5-2/h8,10H,4-7H2,1-3H3. The maximum atomic E-state index is 5.98. The van der Waals surface area contributed by atoms with Crippen molar-refractivity contribution in [3.63, 3.8) is 0 Å². The average Bonchev–Trinajstić information content (AvgIpc) is 2.25. The molecule has 1 aromatic rings. The lowest BCUT2D eigenvalue weighted by Crippen LogP contribution is -2.08. The number of aromatic nitrogens is 2. The normalized spacial score (nSPS) is 12.8. The van der Waals surface area contributed by atoms with Gasteiger partial charge >= 0.3 is 0 Å². The lowest BCUT2D eigenvalue weighted by Gasteiger charge is -2.13. The summed E-state index contributed by atoms with van der Waals surface area (Å²) in [6, 6.07) is 1.83. The van der Waals surface area contributed by atoms with Crippen molar-refractivity contribution in [1.29, 1.82) is 0 Å². The molecular weight excluding hydrogens is 224 g/mol. The highest BCUT2D eigenvalue weighted by Crippen LogP contribution is 2.20. The van der Waals surface area contributed by atoms with Crippen LogP contribution in [0.15, 0.2) is 6.07 Å². The largest absolute Gasteiger partial charge is 0.373 e. The van der Waals surface area contributed by atoms with Gasteiger partial charge in [-0.05, 0) is 18.9 Å². The van der Waals surface area contributed by atoms with Crippen LogP contribution in [0.5, 0.6) is 0 Å². The van der Waals surface area contributed by atoms with E-state index in [2.05, 4.69) is 23.8 Å². The molecule has 4 heteroatoms. The highest BCUT2D eigenvalue weighted by molar-refractivity contribution is 6.29. The predicted molar refractivity (Wildman–Crippen MR) is 65.7 cm³/mol. The van der Waals surface area contributed by atoms with Crippen LogP contribution in [0.4, 0.5) is 0 Å². The van der Waals surface area contributed by atoms with Crippen LogP contribution in [0.2, 0.25) is 5.15 Å². The Morgan fingerprint density at radius 3 is 2.62 bits per heavy atom. The fourth-order valence-corrected chi connectivity index (χ4v) is 1.84. The van der Waals surface area contributed by atoms with Crippen molar-refractivity contribution in [1.82, 2.24) is 9.97 Å². The van der Waals surface area contributed by atoms with Crippen molar-refractivity contribution in [2.24, 2.45) is 0 Å². The summed E-state index contributed by atoms with van der Waals surface area (Å²) < 4.78 is 5.38. The molecule has 3 nitrogen and oxygen atoms in total. The summed E-state index contributed by atoms with van der Waals surface area (Å²) in [4.78, 5) is 8.73. The number of ether oxygens (including phenoxy) is 1. The third-order valence-corrected chi connectivity index (χ3v) is 2.59. The van der Waals surface area contributed by atoms with Crippen molar-refractivity contribution in [3.05, 3.63) is 22.7 Å². The quantitative estimate of drug-likeness (QED) is 0.716. The van der Waals surface area contributed by atoms with Crippen molar-refractivity contribution in [2.45, 2.75) is 45.6 Å². The molecule has 0 aliphatic carbocycles. The van der Waals surface area contributed by atoms with Gasteiger partial charge in [-0.1, -0.05) is 38.3 Å². The summed E-state index contributed by atoms with van der Waals surface area (Å²) in [6.45, 7) is 4.24. The van der Waals surface area contributed by atoms with Crippen molar-refractivity contribution in [2.75, 3.05) is 7.11 Å². The van der Waals surface area contributed by atoms with Crippen molar-refractivity contribution < 1.29 is 4.74 Å². The fourth-order valence-electron chi connectivity index (χ4n) is 1.63. The number of hydrogen-bond donors (Lipinski definition) is 0. The summed E-state index contributed by atoms with van der Waals surface area (Å²) >= 11 is 5.98. The Bertz CT molecular complexity index is 331. The van der Waals surface area contributed by atoms with Gasteiger partial charge in [0.1, 0.15) is 11.3 Å². The molecule has 1 atom stereocenters. The lowest BCUT2D eigenvalue weighted by atomic mass is 10.2. The Morgan fingerprint density at radius 1 is 1.31 bits per heavy atom. The number of rotatable bonds is 6. The van der Waals surface area contributed by atoms with Crippen LogP contribution < -0.4 is 0 Å². The van der Waals surface area contributed by atoms with Gasteiger partial charge in [-0.3, -0.25) is 0 Å². The monoisotopic (exact) mass is 242 g/mol. The van der Waals surface area contributed by atoms with Crippen molar-refractivity contribution >= 4 is 11.6 Å². The zero-order valence-electron chi connectivity index (χ0n) is 10.2. The maximum Gasteiger partial charge on any atom is 0.159 e. The second-order valence-electron chi connectivity index (χ2n) is 3.80. The molecule has 90 valence electrons. The molecule has 0 amide bonds. The molecule has 16 heavy (non-hydrogen) atoms. The van der Waals surface area contributed by atoms with Gasteiger partial charge in [0, 0.05) is 12.8 Å². The van der Waals surface area contributed by atoms with Gasteiger partial charge < -0.3 is 4.74 Å². The Labute approximate surface area is 102 Å². The van der Waals surface area contributed by atoms with Crippen LogP contribution in [0, 0.1) is 0 Å². The molecule has 0 aromatic carbocycles. The summed E-state index contributed by atoms with van der Waals surface area (Å²) in [5.74, 6) is 0.709. The van der Waals surface area contributed by atoms with Crippen LogP contribution in [-0.2, 0) is 11.2 Å². The number of methoxy groups -OCH3 is 1. The van der Waals surface area contributed by atoms with Gasteiger partial charge in [-0.2, -0.15) is 0 Å². The summed E-state index contributed by atoms with van der Waals surface area (Å²) in [6.07, 6.45) is 3.90. The molecule has 0 spiro atoms. The molecule has 0 fully saturated rings. The van der Waals surface area contributed by atoms with E-state index in [0.29, 0.717) is 11.0 Å². The number of aryl methyl sites for hydroxylation is 1. The summed E-state index contributed by atoms with van der Waals surface area (Å²) in [5.41, 5.74) is 0.996. The molecule has 1 rings (SSSR count). The van der Waals surface area contributed by atoms with Crippen LogP contribution in [0.3, 0.4) is 0 Å². The summed E-state index contributed by atoms with van der Waals surface area (Å²) in [5, 5.41) is 0.506. The molecule has 0 aliphatic heterocycles. The number of halogens is 1. The van der Waals surface area contributed by atoms with Gasteiger partial charge in [0.05, 0.1) is 0 Å². The fraction of sp³-hybridized carbons (Fsp3) is 0.667. The Morgan fingerprint density at radius 2 is 2.06 bits per heavy atom. The lowest BCUT2D eigenvalue weighted by molar-refractivity contribution is 0.0874. The van der Waals surface area contributed by atoms with E-state index in [1.807, 2.05) is 6.07 Å². The smallest absolute Gasteiger partial charge is 0.159 e. The molecule has 0 aliphatic rings. The van der Waals surface area contributed by atoms with Gasteiger partial charge in [0.15, 0.2) is 5.82 Å². The van der Waals surface area contributed by atoms with E-state index in [1.165, 1.54) is 0 Å². The van der Waals surface area contributed by atoms with E-state index in [0.717, 1.165) is 31.4 Å². The first-order valence-electron chi connectivity index (χ1n) is 5.77. The topological polar surface area (TPSA) is 35.0 Å². The zero-order valence-corrected chi connectivity index (χ0v) is 10.9. The Balaban J connectivity index is 2.92. The van der Waals surface area contributed by atoms with Crippen LogP contribution in [0.1, 0.15) is 50.7 Å². The van der Waals surface area contributed by atoms with Crippen LogP contribution in [-0.4, -0.2) is 17.1 Å². The first kappa shape index (κ1) is 13.4. The van der Waals surface area contributed by atoms with Gasteiger partial charge in [-0.25, -0.2) is 9.97 Å². The van der Waals surface area contributed by atoms with Crippen molar-refractivity contribution in [3.8, 4) is 0 Å². The van der Waals surface area contributed by atoms with Crippen LogP contribution >= 0.6 is 11.6 Å². The minimum absolute atomic E-state index is 0.0423. The molecule has 0 saturated heterocycles. The van der Waals surface area contributed by atoms with E-state index in [1.54, 1.807) is 7.11 Å². The SMILES string of the molecule is CCCc1cc(Cl)nc(C(CCC)OC)n1. The van der Waals surface area contributed by atoms with E-state index in [4.69, 9.17) is 16.3 Å². The van der Waals surface area contributed by atoms with E-state index >= 15 is 0 Å². The summed E-state index contributed by atoms with van der Waals surface area (Å²) in [7, 11) is 1.68. The highest BCUT2D eigenvalue weighted by Gasteiger charge is 2.14. The molecule has 0 N–H and O–H groups in total. The third-order valence-electron chi connectivity index (χ3n) is 2.39. The average molecular weight is 243 g/mol. The zero-order chi connectivity index (χ0) is 12.0. The molecule has 0 saturated carbocycles. The molecule has 0 radical (unpaired) electrons. The number of nitrogens with zero attached hydrogens (tertiary/aromatic N) is 2. The van der Waals surface area contributed by atoms with E-state index in [9.17, 15) is 0 Å². The van der Waals surface area contributed by atoms with E-state index < -0.39 is 0 Å². The predicted octanol–water partition coefficient (Wildman–Crippen LogP) is 3.57. The Hall–Kier alpha value is -0.670. The maximum absolute atomic E-state index is 5.98. The van der Waals surface area contributed by atoms with E-state index in [-0.39, 0.29) is 6.10 Å². The molecular formula is C12H19ClN2O. The number of hydrogen-bond acceptors (Lipinski definition) is 3. The van der Waals surface area contributed by atoms with Crippen LogP contribution in [0.25, 0.3) is 0 Å². The molecule has 1 unspecified atom stereocenters. The first-order chi connectivity index (χ1) is 7.71. The minimum Gasteiger partial charge on any atom is -0.373 e. The second kappa shape index (κ2) is 6.81.